The smallest absolute Gasteiger partial charge is 0.323 e. The third kappa shape index (κ3) is 13.1. The zero-order valence-corrected chi connectivity index (χ0v) is 20.7. The maximum Gasteiger partial charge on any atom is 0.323 e. The van der Waals surface area contributed by atoms with Crippen LogP contribution >= 0.6 is 0 Å². The van der Waals surface area contributed by atoms with Crippen molar-refractivity contribution in [2.45, 2.75) is 76.7 Å². The molecule has 2 atom stereocenters. The predicted octanol–water partition coefficient (Wildman–Crippen LogP) is 3.84. The van der Waals surface area contributed by atoms with Crippen molar-refractivity contribution in [3.8, 4) is 0 Å². The summed E-state index contributed by atoms with van der Waals surface area (Å²) < 4.78 is 10.6. The normalized spacial score (nSPS) is 12.6. The van der Waals surface area contributed by atoms with E-state index in [9.17, 15) is 9.59 Å². The Morgan fingerprint density at radius 2 is 1.03 bits per heavy atom. The molecule has 0 amide bonds. The van der Waals surface area contributed by atoms with E-state index in [0.29, 0.717) is 12.8 Å². The number of ether oxygens (including phenoxy) is 2. The summed E-state index contributed by atoms with van der Waals surface area (Å²) in [6.45, 7) is 2.42. The van der Waals surface area contributed by atoms with Crippen molar-refractivity contribution in [3.63, 3.8) is 0 Å². The lowest BCUT2D eigenvalue weighted by molar-refractivity contribution is -0.147. The summed E-state index contributed by atoms with van der Waals surface area (Å²) in [4.78, 5) is 24.0. The fourth-order valence-electron chi connectivity index (χ4n) is 3.61. The summed E-state index contributed by atoms with van der Waals surface area (Å²) in [5.74, 6) is -0.674. The van der Waals surface area contributed by atoms with Crippen molar-refractivity contribution < 1.29 is 19.1 Å². The van der Waals surface area contributed by atoms with Gasteiger partial charge in [-0.3, -0.25) is 9.59 Å². The lowest BCUT2D eigenvalue weighted by Crippen LogP contribution is -2.32. The Bertz CT molecular complexity index is 763. The molecule has 0 bridgehead atoms. The third-order valence-electron chi connectivity index (χ3n) is 5.79. The van der Waals surface area contributed by atoms with Gasteiger partial charge in [0.15, 0.2) is 0 Å². The summed E-state index contributed by atoms with van der Waals surface area (Å²) in [7, 11) is 0. The van der Waals surface area contributed by atoms with Gasteiger partial charge in [-0.25, -0.2) is 0 Å². The van der Waals surface area contributed by atoms with E-state index < -0.39 is 12.1 Å². The monoisotopic (exact) mass is 483 g/mol. The fourth-order valence-corrected chi connectivity index (χ4v) is 3.61. The second-order valence-electron chi connectivity index (χ2n) is 8.85. The molecular formula is C28H41N3O4. The topological polar surface area (TPSA) is 117 Å². The number of unbranched alkanes of at least 4 members (excludes halogenated alkanes) is 4. The maximum atomic E-state index is 12.0. The van der Waals surface area contributed by atoms with Gasteiger partial charge in [0, 0.05) is 0 Å². The van der Waals surface area contributed by atoms with Crippen LogP contribution in [0.2, 0.25) is 0 Å². The Labute approximate surface area is 209 Å². The lowest BCUT2D eigenvalue weighted by atomic mass is 10.1. The molecule has 0 aliphatic carbocycles. The van der Waals surface area contributed by atoms with Gasteiger partial charge in [-0.2, -0.15) is 0 Å². The van der Waals surface area contributed by atoms with Crippen LogP contribution < -0.4 is 16.8 Å². The minimum atomic E-state index is -0.561. The van der Waals surface area contributed by atoms with Crippen LogP contribution in [0.3, 0.4) is 0 Å². The van der Waals surface area contributed by atoms with Gasteiger partial charge < -0.3 is 26.3 Å². The van der Waals surface area contributed by atoms with E-state index >= 15 is 0 Å². The molecule has 2 aromatic rings. The Kier molecular flexibility index (Phi) is 14.4. The largest absolute Gasteiger partial charge is 0.460 e. The second-order valence-corrected chi connectivity index (χ2v) is 8.85. The molecule has 0 spiro atoms. The zero-order chi connectivity index (χ0) is 25.1. The minimum Gasteiger partial charge on any atom is -0.460 e. The first-order valence-electron chi connectivity index (χ1n) is 12.7. The molecular weight excluding hydrogens is 442 g/mol. The molecule has 2 unspecified atom stereocenters. The van der Waals surface area contributed by atoms with Crippen molar-refractivity contribution >= 4 is 11.9 Å². The Hall–Kier alpha value is -2.74. The summed E-state index contributed by atoms with van der Waals surface area (Å²) >= 11 is 0. The van der Waals surface area contributed by atoms with Crippen LogP contribution in [0.15, 0.2) is 60.7 Å². The van der Waals surface area contributed by atoms with Gasteiger partial charge >= 0.3 is 11.9 Å². The van der Waals surface area contributed by atoms with E-state index in [2.05, 4.69) is 5.32 Å². The second kappa shape index (κ2) is 17.7. The molecule has 0 aromatic heterocycles. The van der Waals surface area contributed by atoms with Crippen LogP contribution in [-0.2, 0) is 32.3 Å². The van der Waals surface area contributed by atoms with Gasteiger partial charge in [-0.15, -0.1) is 0 Å². The molecule has 0 saturated heterocycles. The number of nitrogens with two attached hydrogens (primary N) is 2. The summed E-state index contributed by atoms with van der Waals surface area (Å²) in [5.41, 5.74) is 13.8. The van der Waals surface area contributed by atoms with E-state index in [1.54, 1.807) is 0 Å². The molecule has 0 saturated carbocycles. The number of benzene rings is 2. The number of esters is 2. The van der Waals surface area contributed by atoms with E-state index in [1.165, 1.54) is 0 Å². The molecule has 7 nitrogen and oxygen atoms in total. The van der Waals surface area contributed by atoms with Gasteiger partial charge in [-0.1, -0.05) is 86.3 Å². The van der Waals surface area contributed by atoms with E-state index in [4.69, 9.17) is 20.9 Å². The van der Waals surface area contributed by atoms with Crippen LogP contribution in [0.1, 0.15) is 62.5 Å². The first kappa shape index (κ1) is 28.5. The van der Waals surface area contributed by atoms with Crippen LogP contribution in [-0.4, -0.2) is 37.1 Å². The van der Waals surface area contributed by atoms with Gasteiger partial charge in [0.25, 0.3) is 0 Å². The molecule has 7 heteroatoms. The minimum absolute atomic E-state index is 0.265. The highest BCUT2D eigenvalue weighted by atomic mass is 16.5. The van der Waals surface area contributed by atoms with Crippen LogP contribution in [0.5, 0.6) is 0 Å². The molecule has 0 aliphatic rings. The average Bonchev–Trinajstić information content (AvgIpc) is 2.89. The summed E-state index contributed by atoms with van der Waals surface area (Å²) in [5, 5.41) is 3.44. The average molecular weight is 484 g/mol. The van der Waals surface area contributed by atoms with Crippen molar-refractivity contribution in [2.75, 3.05) is 13.1 Å². The van der Waals surface area contributed by atoms with Gasteiger partial charge in [0.05, 0.1) is 0 Å². The number of hydrogen-bond acceptors (Lipinski definition) is 7. The molecule has 35 heavy (non-hydrogen) atoms. The Balaban J connectivity index is 1.37. The summed E-state index contributed by atoms with van der Waals surface area (Å²) in [6, 6.07) is 18.1. The van der Waals surface area contributed by atoms with Crippen molar-refractivity contribution in [1.29, 1.82) is 0 Å². The number of rotatable bonds is 18. The molecule has 2 aromatic carbocycles. The predicted molar refractivity (Wildman–Crippen MR) is 138 cm³/mol. The lowest BCUT2D eigenvalue weighted by Gasteiger charge is -2.12. The van der Waals surface area contributed by atoms with E-state index in [-0.39, 0.29) is 25.2 Å². The zero-order valence-electron chi connectivity index (χ0n) is 20.7. The number of carbonyl (C=O) groups excluding carboxylic acids is 2. The molecule has 2 rings (SSSR count). The first-order chi connectivity index (χ1) is 17.1. The van der Waals surface area contributed by atoms with Gasteiger partial charge in [-0.05, 0) is 49.9 Å². The van der Waals surface area contributed by atoms with Crippen LogP contribution in [0, 0.1) is 0 Å². The molecule has 0 heterocycles. The highest BCUT2D eigenvalue weighted by molar-refractivity contribution is 5.75. The van der Waals surface area contributed by atoms with Gasteiger partial charge in [0.2, 0.25) is 0 Å². The van der Waals surface area contributed by atoms with E-state index in [1.807, 2.05) is 60.7 Å². The highest BCUT2D eigenvalue weighted by Gasteiger charge is 2.15. The Morgan fingerprint density at radius 1 is 0.629 bits per heavy atom. The fraction of sp³-hybridized carbons (Fsp3) is 0.500. The number of nitrogens with one attached hydrogen (secondary N) is 1. The SMILES string of the molecule is NC(CCCCCNCCCCCC(N)C(=O)OCc1ccccc1)C(=O)OCc1ccccc1. The van der Waals surface area contributed by atoms with Gasteiger partial charge in [0.1, 0.15) is 25.3 Å². The van der Waals surface area contributed by atoms with Crippen molar-refractivity contribution in [1.82, 2.24) is 5.32 Å². The van der Waals surface area contributed by atoms with Crippen molar-refractivity contribution in [3.05, 3.63) is 71.8 Å². The number of carbonyl (C=O) groups is 2. The first-order valence-corrected chi connectivity index (χ1v) is 12.7. The molecule has 5 N–H and O–H groups in total. The Morgan fingerprint density at radius 3 is 1.43 bits per heavy atom. The molecule has 0 aliphatic heterocycles. The molecule has 0 fully saturated rings. The third-order valence-corrected chi connectivity index (χ3v) is 5.79. The highest BCUT2D eigenvalue weighted by Crippen LogP contribution is 2.08. The molecule has 192 valence electrons. The van der Waals surface area contributed by atoms with E-state index in [0.717, 1.165) is 62.7 Å². The van der Waals surface area contributed by atoms with Crippen LogP contribution in [0.4, 0.5) is 0 Å². The maximum absolute atomic E-state index is 12.0. The summed E-state index contributed by atoms with van der Waals surface area (Å²) in [6.07, 6.45) is 7.22. The molecule has 0 radical (unpaired) electrons. The van der Waals surface area contributed by atoms with Crippen molar-refractivity contribution in [2.24, 2.45) is 11.5 Å². The van der Waals surface area contributed by atoms with Crippen LogP contribution in [0.25, 0.3) is 0 Å². The quantitative estimate of drug-likeness (QED) is 0.218. The number of hydrogen-bond donors (Lipinski definition) is 3. The standard InChI is InChI=1S/C28H41N3O4/c29-25(27(32)34-21-23-13-5-1-6-14-23)17-9-3-11-19-31-20-12-4-10-18-26(30)28(33)35-22-24-15-7-2-8-16-24/h1-2,5-8,13-16,25-26,31H,3-4,9-12,17-22,29-30H2.